The van der Waals surface area contributed by atoms with E-state index in [4.69, 9.17) is 5.11 Å². The first kappa shape index (κ1) is 11.3. The molecule has 2 aromatic rings. The molecule has 3 nitrogen and oxygen atoms in total. The van der Waals surface area contributed by atoms with Gasteiger partial charge in [-0.05, 0) is 12.1 Å². The van der Waals surface area contributed by atoms with Gasteiger partial charge in [-0.2, -0.15) is 0 Å². The molecule has 1 N–H and O–H groups in total. The van der Waals surface area contributed by atoms with Crippen LogP contribution in [0, 0.1) is 0 Å². The third-order valence-electron chi connectivity index (χ3n) is 2.57. The van der Waals surface area contributed by atoms with Crippen LogP contribution in [0.25, 0.3) is 11.3 Å². The average molecular weight is 227 g/mol. The molecule has 1 aromatic heterocycles. The second-order valence-corrected chi connectivity index (χ2v) is 3.76. The Balaban J connectivity index is 2.29. The van der Waals surface area contributed by atoms with E-state index in [1.165, 1.54) is 6.20 Å². The van der Waals surface area contributed by atoms with Crippen molar-refractivity contribution in [2.24, 2.45) is 0 Å². The minimum absolute atomic E-state index is 0.134. The number of Topliss-reactive ketones (excluding diaryl/α,β-unsaturated/α-hetero) is 1. The Morgan fingerprint density at radius 1 is 1.18 bits per heavy atom. The van der Waals surface area contributed by atoms with Gasteiger partial charge in [-0.1, -0.05) is 31.2 Å². The van der Waals surface area contributed by atoms with Crippen LogP contribution in [0.5, 0.6) is 5.75 Å². The van der Waals surface area contributed by atoms with Crippen LogP contribution in [0.3, 0.4) is 0 Å². The summed E-state index contributed by atoms with van der Waals surface area (Å²) in [4.78, 5) is 15.6. The molecule has 0 aliphatic rings. The van der Waals surface area contributed by atoms with Crippen LogP contribution < -0.4 is 0 Å². The highest BCUT2D eigenvalue weighted by atomic mass is 16.3. The molecule has 0 radical (unpaired) electrons. The Hall–Kier alpha value is -2.16. The minimum Gasteiger partial charge on any atom is -0.506 e. The number of hydrogen-bond acceptors (Lipinski definition) is 3. The van der Waals surface area contributed by atoms with Crippen molar-refractivity contribution in [1.82, 2.24) is 4.98 Å². The largest absolute Gasteiger partial charge is 0.506 e. The maximum atomic E-state index is 11.5. The van der Waals surface area contributed by atoms with Crippen molar-refractivity contribution in [3.63, 3.8) is 0 Å². The van der Waals surface area contributed by atoms with Crippen molar-refractivity contribution in [2.45, 2.75) is 13.3 Å². The van der Waals surface area contributed by atoms with Crippen molar-refractivity contribution in [3.8, 4) is 17.0 Å². The molecule has 3 heteroatoms. The van der Waals surface area contributed by atoms with Gasteiger partial charge in [0.25, 0.3) is 0 Å². The molecular formula is C14H13NO2. The van der Waals surface area contributed by atoms with Gasteiger partial charge >= 0.3 is 0 Å². The first-order chi connectivity index (χ1) is 8.20. The highest BCUT2D eigenvalue weighted by Crippen LogP contribution is 2.19. The number of carbonyl (C=O) groups is 1. The number of rotatable bonds is 3. The number of ketones is 1. The maximum absolute atomic E-state index is 11.5. The smallest absolute Gasteiger partial charge is 0.162 e. The third-order valence-corrected chi connectivity index (χ3v) is 2.57. The minimum atomic E-state index is 0.134. The highest BCUT2D eigenvalue weighted by molar-refractivity contribution is 5.96. The van der Waals surface area contributed by atoms with Gasteiger partial charge in [0.05, 0.1) is 11.9 Å². The zero-order valence-corrected chi connectivity index (χ0v) is 9.55. The lowest BCUT2D eigenvalue weighted by molar-refractivity contribution is 0.0988. The van der Waals surface area contributed by atoms with Crippen LogP contribution in [0.4, 0.5) is 0 Å². The van der Waals surface area contributed by atoms with Crippen molar-refractivity contribution in [3.05, 3.63) is 48.2 Å². The molecule has 0 bridgehead atoms. The molecule has 2 rings (SSSR count). The van der Waals surface area contributed by atoms with Crippen LogP contribution >= 0.6 is 0 Å². The summed E-state index contributed by atoms with van der Waals surface area (Å²) < 4.78 is 0. The van der Waals surface area contributed by atoms with Gasteiger partial charge < -0.3 is 5.11 Å². The molecular weight excluding hydrogens is 214 g/mol. The lowest BCUT2D eigenvalue weighted by Crippen LogP contribution is -1.95. The first-order valence-electron chi connectivity index (χ1n) is 5.49. The van der Waals surface area contributed by atoms with E-state index in [0.717, 1.165) is 16.8 Å². The van der Waals surface area contributed by atoms with E-state index in [2.05, 4.69) is 4.98 Å². The maximum Gasteiger partial charge on any atom is 0.162 e. The number of pyridine rings is 1. The summed E-state index contributed by atoms with van der Waals surface area (Å²) in [6.45, 7) is 1.85. The molecule has 0 aliphatic carbocycles. The predicted molar refractivity (Wildman–Crippen MR) is 66.0 cm³/mol. The van der Waals surface area contributed by atoms with Gasteiger partial charge in [-0.3, -0.25) is 9.78 Å². The summed E-state index contributed by atoms with van der Waals surface area (Å²) in [6, 6.07) is 10.7. The molecule has 0 spiro atoms. The van der Waals surface area contributed by atoms with E-state index in [-0.39, 0.29) is 11.5 Å². The number of benzene rings is 1. The van der Waals surface area contributed by atoms with E-state index < -0.39 is 0 Å². The molecule has 0 unspecified atom stereocenters. The molecule has 0 fully saturated rings. The zero-order chi connectivity index (χ0) is 12.3. The molecule has 1 aromatic carbocycles. The van der Waals surface area contributed by atoms with Gasteiger partial charge in [0, 0.05) is 17.5 Å². The number of aromatic hydroxyl groups is 1. The molecule has 0 amide bonds. The molecule has 1 heterocycles. The second-order valence-electron chi connectivity index (χ2n) is 3.76. The van der Waals surface area contributed by atoms with Crippen LogP contribution in [-0.2, 0) is 0 Å². The van der Waals surface area contributed by atoms with Crippen molar-refractivity contribution < 1.29 is 9.90 Å². The number of hydrogen-bond donors (Lipinski definition) is 1. The standard InChI is InChI=1S/C14H13NO2/c1-2-14(17)11-5-3-10(4-6-11)13-8-7-12(16)9-15-13/h3-9,16H,2H2,1H3. The van der Waals surface area contributed by atoms with E-state index in [0.29, 0.717) is 6.42 Å². The summed E-state index contributed by atoms with van der Waals surface area (Å²) in [7, 11) is 0. The van der Waals surface area contributed by atoms with Gasteiger partial charge in [-0.25, -0.2) is 0 Å². The molecule has 0 saturated heterocycles. The van der Waals surface area contributed by atoms with Gasteiger partial charge in [-0.15, -0.1) is 0 Å². The first-order valence-corrected chi connectivity index (χ1v) is 5.49. The summed E-state index contributed by atoms with van der Waals surface area (Å²) in [6.07, 6.45) is 1.91. The number of nitrogens with zero attached hydrogens (tertiary/aromatic N) is 1. The Kier molecular flexibility index (Phi) is 3.19. The molecule has 0 aliphatic heterocycles. The molecule has 17 heavy (non-hydrogen) atoms. The molecule has 0 atom stereocenters. The number of carbonyl (C=O) groups excluding carboxylic acids is 1. The lowest BCUT2D eigenvalue weighted by atomic mass is 10.0. The van der Waals surface area contributed by atoms with Gasteiger partial charge in [0.1, 0.15) is 5.75 Å². The Morgan fingerprint density at radius 3 is 2.41 bits per heavy atom. The van der Waals surface area contributed by atoms with Crippen molar-refractivity contribution in [1.29, 1.82) is 0 Å². The normalized spacial score (nSPS) is 10.2. The van der Waals surface area contributed by atoms with E-state index in [9.17, 15) is 4.79 Å². The summed E-state index contributed by atoms with van der Waals surface area (Å²) >= 11 is 0. The van der Waals surface area contributed by atoms with Crippen LogP contribution in [0.2, 0.25) is 0 Å². The summed E-state index contributed by atoms with van der Waals surface area (Å²) in [5, 5.41) is 9.15. The summed E-state index contributed by atoms with van der Waals surface area (Å²) in [5.41, 5.74) is 2.42. The lowest BCUT2D eigenvalue weighted by Gasteiger charge is -2.02. The Labute approximate surface area is 99.8 Å². The topological polar surface area (TPSA) is 50.2 Å². The fraction of sp³-hybridized carbons (Fsp3) is 0.143. The van der Waals surface area contributed by atoms with Crippen LogP contribution in [0.1, 0.15) is 23.7 Å². The van der Waals surface area contributed by atoms with Crippen molar-refractivity contribution >= 4 is 5.78 Å². The number of aromatic nitrogens is 1. The third kappa shape index (κ3) is 2.50. The van der Waals surface area contributed by atoms with Gasteiger partial charge in [0.2, 0.25) is 0 Å². The Morgan fingerprint density at radius 2 is 1.88 bits per heavy atom. The van der Waals surface area contributed by atoms with Gasteiger partial charge in [0.15, 0.2) is 5.78 Å². The second kappa shape index (κ2) is 4.78. The average Bonchev–Trinajstić information content (AvgIpc) is 2.39. The van der Waals surface area contributed by atoms with E-state index >= 15 is 0 Å². The molecule has 0 saturated carbocycles. The Bertz CT molecular complexity index is 515. The fourth-order valence-corrected chi connectivity index (χ4v) is 1.59. The monoisotopic (exact) mass is 227 g/mol. The fourth-order valence-electron chi connectivity index (χ4n) is 1.59. The predicted octanol–water partition coefficient (Wildman–Crippen LogP) is 3.05. The van der Waals surface area contributed by atoms with Crippen LogP contribution in [-0.4, -0.2) is 15.9 Å². The van der Waals surface area contributed by atoms with E-state index in [1.54, 1.807) is 24.3 Å². The SMILES string of the molecule is CCC(=O)c1ccc(-c2ccc(O)cn2)cc1. The summed E-state index contributed by atoms with van der Waals surface area (Å²) in [5.74, 6) is 0.279. The highest BCUT2D eigenvalue weighted by Gasteiger charge is 2.04. The van der Waals surface area contributed by atoms with Crippen molar-refractivity contribution in [2.75, 3.05) is 0 Å². The van der Waals surface area contributed by atoms with E-state index in [1.807, 2.05) is 19.1 Å². The molecule has 86 valence electrons. The quantitative estimate of drug-likeness (QED) is 0.820. The zero-order valence-electron chi connectivity index (χ0n) is 9.55. The van der Waals surface area contributed by atoms with Crippen LogP contribution in [0.15, 0.2) is 42.6 Å².